The lowest BCUT2D eigenvalue weighted by Crippen LogP contribution is -2.49. The molecular formula is C24H34N4O9. The molecule has 37 heavy (non-hydrogen) atoms. The number of aliphatic hydroxyl groups excluding tert-OH is 2. The fraction of sp³-hybridized carbons (Fsp3) is 0.333. The molecule has 10 N–H and O–H groups in total. The summed E-state index contributed by atoms with van der Waals surface area (Å²) in [6.07, 6.45) is -3.85. The molecule has 0 fully saturated rings. The van der Waals surface area contributed by atoms with Crippen LogP contribution in [0.25, 0.3) is 0 Å². The van der Waals surface area contributed by atoms with E-state index < -0.39 is 48.3 Å². The highest BCUT2D eigenvalue weighted by Gasteiger charge is 2.22. The number of rotatable bonds is 8. The van der Waals surface area contributed by atoms with E-state index in [1.165, 1.54) is 13.8 Å². The SMILES string of the molecule is CC(O)[C@H](N)C(=O)NC(=O)OCc1ccccc1.CC(O)[C@H](N)C(=O)NC(=O)OCc1ccccc1.O. The highest BCUT2D eigenvalue weighted by molar-refractivity contribution is 5.95. The number of nitrogens with one attached hydrogen (secondary N) is 2. The standard InChI is InChI=1S/2C12H16N2O4.H2O/c2*1-8(15)10(13)11(16)14-12(17)18-7-9-5-3-2-4-6-9;/h2*2-6,8,10,15H,7,13H2,1H3,(H,14,16,17);1H2/t2*8?,10-;/m00./s1. The van der Waals surface area contributed by atoms with Gasteiger partial charge in [-0.1, -0.05) is 60.7 Å². The predicted molar refractivity (Wildman–Crippen MR) is 132 cm³/mol. The summed E-state index contributed by atoms with van der Waals surface area (Å²) < 4.78 is 9.64. The van der Waals surface area contributed by atoms with Crippen molar-refractivity contribution in [2.24, 2.45) is 11.5 Å². The molecule has 0 aliphatic heterocycles. The van der Waals surface area contributed by atoms with E-state index in [2.05, 4.69) is 0 Å². The number of hydrogen-bond acceptors (Lipinski definition) is 10. The lowest BCUT2D eigenvalue weighted by molar-refractivity contribution is -0.124. The number of imide groups is 2. The monoisotopic (exact) mass is 522 g/mol. The Bertz CT molecular complexity index is 893. The molecule has 0 saturated heterocycles. The minimum absolute atomic E-state index is 0. The molecule has 0 bridgehead atoms. The number of ether oxygens (including phenoxy) is 2. The van der Waals surface area contributed by atoms with Crippen LogP contribution in [0.4, 0.5) is 9.59 Å². The molecule has 13 nitrogen and oxygen atoms in total. The van der Waals surface area contributed by atoms with E-state index in [1.54, 1.807) is 24.3 Å². The van der Waals surface area contributed by atoms with Crippen LogP contribution in [0.1, 0.15) is 25.0 Å². The first-order valence-electron chi connectivity index (χ1n) is 10.9. The van der Waals surface area contributed by atoms with Crippen LogP contribution in [0.3, 0.4) is 0 Å². The van der Waals surface area contributed by atoms with Crippen molar-refractivity contribution in [1.82, 2.24) is 10.6 Å². The Kier molecular flexibility index (Phi) is 15.7. The van der Waals surface area contributed by atoms with E-state index in [1.807, 2.05) is 47.0 Å². The third kappa shape index (κ3) is 13.7. The van der Waals surface area contributed by atoms with Gasteiger partial charge in [0.2, 0.25) is 11.8 Å². The average Bonchev–Trinajstić information content (AvgIpc) is 2.86. The first-order chi connectivity index (χ1) is 17.0. The molecule has 2 rings (SSSR count). The summed E-state index contributed by atoms with van der Waals surface area (Å²) in [6, 6.07) is 15.8. The van der Waals surface area contributed by atoms with Gasteiger partial charge in [0.15, 0.2) is 0 Å². The Morgan fingerprint density at radius 3 is 1.27 bits per heavy atom. The fourth-order valence-electron chi connectivity index (χ4n) is 2.32. The second-order valence-corrected chi connectivity index (χ2v) is 7.63. The molecule has 4 amide bonds. The van der Waals surface area contributed by atoms with Crippen molar-refractivity contribution in [1.29, 1.82) is 0 Å². The van der Waals surface area contributed by atoms with Crippen molar-refractivity contribution in [2.45, 2.75) is 51.4 Å². The maximum Gasteiger partial charge on any atom is 0.414 e. The number of carbonyl (C=O) groups is 4. The highest BCUT2D eigenvalue weighted by atomic mass is 16.6. The van der Waals surface area contributed by atoms with Gasteiger partial charge >= 0.3 is 12.2 Å². The molecule has 0 radical (unpaired) electrons. The van der Waals surface area contributed by atoms with E-state index in [0.29, 0.717) is 0 Å². The third-order valence-electron chi connectivity index (χ3n) is 4.52. The second kappa shape index (κ2) is 17.5. The van der Waals surface area contributed by atoms with E-state index in [0.717, 1.165) is 11.1 Å². The number of benzene rings is 2. The van der Waals surface area contributed by atoms with Gasteiger partial charge in [-0.05, 0) is 25.0 Å². The van der Waals surface area contributed by atoms with Crippen LogP contribution in [0.15, 0.2) is 60.7 Å². The highest BCUT2D eigenvalue weighted by Crippen LogP contribution is 2.01. The van der Waals surface area contributed by atoms with Crippen molar-refractivity contribution >= 4 is 24.0 Å². The molecule has 13 heteroatoms. The summed E-state index contributed by atoms with van der Waals surface area (Å²) in [7, 11) is 0. The van der Waals surface area contributed by atoms with Gasteiger partial charge in [-0.3, -0.25) is 20.2 Å². The van der Waals surface area contributed by atoms with Gasteiger partial charge in [0.05, 0.1) is 12.2 Å². The molecule has 204 valence electrons. The van der Waals surface area contributed by atoms with Gasteiger partial charge in [-0.2, -0.15) is 0 Å². The number of aliphatic hydroxyl groups is 2. The number of hydrogen-bond donors (Lipinski definition) is 6. The summed E-state index contributed by atoms with van der Waals surface area (Å²) in [5, 5.41) is 22.0. The van der Waals surface area contributed by atoms with Gasteiger partial charge < -0.3 is 36.6 Å². The van der Waals surface area contributed by atoms with Gasteiger partial charge in [0, 0.05) is 0 Å². The van der Waals surface area contributed by atoms with Crippen LogP contribution in [0.2, 0.25) is 0 Å². The van der Waals surface area contributed by atoms with Crippen molar-refractivity contribution in [3.05, 3.63) is 71.8 Å². The van der Waals surface area contributed by atoms with Crippen molar-refractivity contribution in [2.75, 3.05) is 0 Å². The van der Waals surface area contributed by atoms with E-state index in [9.17, 15) is 19.2 Å². The summed E-state index contributed by atoms with van der Waals surface area (Å²) in [5.41, 5.74) is 12.3. The topological polar surface area (TPSA) is 235 Å². The Morgan fingerprint density at radius 1 is 0.703 bits per heavy atom. The van der Waals surface area contributed by atoms with Crippen molar-refractivity contribution < 1.29 is 44.3 Å². The lowest BCUT2D eigenvalue weighted by atomic mass is 10.2. The summed E-state index contributed by atoms with van der Waals surface area (Å²) in [5.74, 6) is -1.55. The predicted octanol–water partition coefficient (Wildman–Crippen LogP) is -0.530. The summed E-state index contributed by atoms with van der Waals surface area (Å²) >= 11 is 0. The van der Waals surface area contributed by atoms with E-state index >= 15 is 0 Å². The normalized spacial score (nSPS) is 13.1. The van der Waals surface area contributed by atoms with Gasteiger partial charge in [0.25, 0.3) is 0 Å². The quantitative estimate of drug-likeness (QED) is 0.259. The Balaban J connectivity index is 0.000000682. The fourth-order valence-corrected chi connectivity index (χ4v) is 2.32. The molecule has 0 aliphatic rings. The molecule has 0 heterocycles. The minimum Gasteiger partial charge on any atom is -0.444 e. The molecule has 2 unspecified atom stereocenters. The van der Waals surface area contributed by atoms with E-state index in [4.69, 9.17) is 31.2 Å². The molecular weight excluding hydrogens is 488 g/mol. The zero-order valence-corrected chi connectivity index (χ0v) is 20.5. The van der Waals surface area contributed by atoms with Crippen LogP contribution in [-0.4, -0.2) is 64.0 Å². The molecule has 4 atom stereocenters. The summed E-state index contributed by atoms with van der Waals surface area (Å²) in [6.45, 7) is 2.84. The molecule has 0 aliphatic carbocycles. The van der Waals surface area contributed by atoms with Gasteiger partial charge in [-0.25, -0.2) is 9.59 Å². The van der Waals surface area contributed by atoms with Crippen LogP contribution >= 0.6 is 0 Å². The van der Waals surface area contributed by atoms with Crippen LogP contribution < -0.4 is 22.1 Å². The first kappa shape index (κ1) is 33.1. The Hall–Kier alpha value is -3.88. The molecule has 0 aromatic heterocycles. The zero-order chi connectivity index (χ0) is 27.1. The van der Waals surface area contributed by atoms with Crippen molar-refractivity contribution in [3.8, 4) is 0 Å². The van der Waals surface area contributed by atoms with Crippen LogP contribution in [0, 0.1) is 0 Å². The molecule has 2 aromatic carbocycles. The smallest absolute Gasteiger partial charge is 0.414 e. The molecule has 0 saturated carbocycles. The maximum atomic E-state index is 11.3. The van der Waals surface area contributed by atoms with Gasteiger partial charge in [0.1, 0.15) is 25.3 Å². The number of alkyl carbamates (subject to hydrolysis) is 2. The Morgan fingerprint density at radius 2 is 1.00 bits per heavy atom. The second-order valence-electron chi connectivity index (χ2n) is 7.63. The molecule has 2 aromatic rings. The minimum atomic E-state index is -1.16. The van der Waals surface area contributed by atoms with Crippen LogP contribution in [-0.2, 0) is 32.3 Å². The first-order valence-corrected chi connectivity index (χ1v) is 10.9. The van der Waals surface area contributed by atoms with Crippen molar-refractivity contribution in [3.63, 3.8) is 0 Å². The average molecular weight is 523 g/mol. The lowest BCUT2D eigenvalue weighted by Gasteiger charge is -2.13. The maximum absolute atomic E-state index is 11.3. The van der Waals surface area contributed by atoms with Gasteiger partial charge in [-0.15, -0.1) is 0 Å². The Labute approximate surface area is 214 Å². The third-order valence-corrected chi connectivity index (χ3v) is 4.52. The zero-order valence-electron chi connectivity index (χ0n) is 20.5. The molecule has 0 spiro atoms. The van der Waals surface area contributed by atoms with E-state index in [-0.39, 0.29) is 18.7 Å². The number of nitrogens with two attached hydrogens (primary N) is 2. The number of carbonyl (C=O) groups excluding carboxylic acids is 4. The number of amides is 4. The summed E-state index contributed by atoms with van der Waals surface area (Å²) in [4.78, 5) is 45.1. The van der Waals surface area contributed by atoms with Crippen LogP contribution in [0.5, 0.6) is 0 Å². The largest absolute Gasteiger partial charge is 0.444 e.